The Morgan fingerprint density at radius 2 is 1.83 bits per heavy atom. The molecule has 29 heavy (non-hydrogen) atoms. The number of halogens is 3. The summed E-state index contributed by atoms with van der Waals surface area (Å²) in [6, 6.07) is 9.24. The van der Waals surface area contributed by atoms with Crippen LogP contribution in [0.5, 0.6) is 0 Å². The second-order valence-electron chi connectivity index (χ2n) is 5.75. The fraction of sp³-hybridized carbons (Fsp3) is 0.111. The molecule has 0 saturated carbocycles. The third kappa shape index (κ3) is 5.29. The maximum atomic E-state index is 12.9. The van der Waals surface area contributed by atoms with Gasteiger partial charge in [-0.1, -0.05) is 18.2 Å². The lowest BCUT2D eigenvalue weighted by molar-refractivity contribution is -0.141. The van der Waals surface area contributed by atoms with Gasteiger partial charge in [0.05, 0.1) is 5.69 Å². The molecule has 0 aliphatic heterocycles. The molecule has 0 radical (unpaired) electrons. The Hall–Kier alpha value is -3.47. The number of alkyl halides is 3. The summed E-state index contributed by atoms with van der Waals surface area (Å²) in [4.78, 5) is 29.7. The van der Waals surface area contributed by atoms with Gasteiger partial charge in [-0.3, -0.25) is 9.78 Å². The summed E-state index contributed by atoms with van der Waals surface area (Å²) in [6.07, 6.45) is -4.75. The van der Waals surface area contributed by atoms with E-state index in [2.05, 4.69) is 15.3 Å². The number of pyridine rings is 1. The molecule has 2 heterocycles. The molecular weight excluding hydrogens is 409 g/mol. The van der Waals surface area contributed by atoms with E-state index in [1.54, 1.807) is 29.6 Å². The Morgan fingerprint density at radius 1 is 1.10 bits per heavy atom. The highest BCUT2D eigenvalue weighted by atomic mass is 32.1. The van der Waals surface area contributed by atoms with E-state index in [1.807, 2.05) is 5.32 Å². The minimum atomic E-state index is -4.54. The standard InChI is InChI=1S/C18H13F3N4O3S/c19-18(20,21)14-7-11(4-5-22-14)10-2-1-3-12(6-10)13-9-29-16(24-13)25-15(26)8-23-17(27)28/h1-7,9,23H,8H2,(H,27,28)(H,24,25,26). The molecule has 11 heteroatoms. The van der Waals surface area contributed by atoms with E-state index in [0.29, 0.717) is 22.4 Å². The molecule has 0 aliphatic rings. The van der Waals surface area contributed by atoms with Crippen molar-refractivity contribution in [2.75, 3.05) is 11.9 Å². The van der Waals surface area contributed by atoms with Crippen molar-refractivity contribution in [3.05, 3.63) is 53.7 Å². The molecule has 3 N–H and O–H groups in total. The second kappa shape index (κ2) is 8.27. The van der Waals surface area contributed by atoms with Gasteiger partial charge in [-0.2, -0.15) is 13.2 Å². The van der Waals surface area contributed by atoms with Gasteiger partial charge in [0.1, 0.15) is 12.2 Å². The maximum Gasteiger partial charge on any atom is 0.433 e. The number of benzene rings is 1. The van der Waals surface area contributed by atoms with Crippen LogP contribution < -0.4 is 10.6 Å². The summed E-state index contributed by atoms with van der Waals surface area (Å²) >= 11 is 1.14. The van der Waals surface area contributed by atoms with Gasteiger partial charge in [0.25, 0.3) is 0 Å². The molecule has 0 bridgehead atoms. The van der Waals surface area contributed by atoms with Crippen LogP contribution in [0.25, 0.3) is 22.4 Å². The molecule has 3 aromatic rings. The number of carboxylic acid groups (broad SMARTS) is 1. The number of anilines is 1. The fourth-order valence-corrected chi connectivity index (χ4v) is 3.14. The van der Waals surface area contributed by atoms with E-state index in [-0.39, 0.29) is 5.13 Å². The first-order valence-electron chi connectivity index (χ1n) is 8.08. The summed E-state index contributed by atoms with van der Waals surface area (Å²) in [5, 5.41) is 14.8. The Kier molecular flexibility index (Phi) is 5.78. The molecule has 2 aromatic heterocycles. The number of aromatic nitrogens is 2. The second-order valence-corrected chi connectivity index (χ2v) is 6.61. The number of hydrogen-bond acceptors (Lipinski definition) is 5. The molecule has 0 aliphatic carbocycles. The number of carbonyl (C=O) groups excluding carboxylic acids is 1. The zero-order valence-electron chi connectivity index (χ0n) is 14.5. The van der Waals surface area contributed by atoms with Crippen LogP contribution >= 0.6 is 11.3 Å². The van der Waals surface area contributed by atoms with Gasteiger partial charge in [-0.15, -0.1) is 11.3 Å². The lowest BCUT2D eigenvalue weighted by Gasteiger charge is -2.08. The van der Waals surface area contributed by atoms with E-state index < -0.39 is 30.4 Å². The van der Waals surface area contributed by atoms with Gasteiger partial charge in [0.15, 0.2) is 5.13 Å². The highest BCUT2D eigenvalue weighted by molar-refractivity contribution is 7.14. The summed E-state index contributed by atoms with van der Waals surface area (Å²) in [6.45, 7) is -0.413. The third-order valence-corrected chi connectivity index (χ3v) is 4.45. The van der Waals surface area contributed by atoms with Crippen LogP contribution in [0.1, 0.15) is 5.69 Å². The highest BCUT2D eigenvalue weighted by Gasteiger charge is 2.32. The van der Waals surface area contributed by atoms with E-state index in [0.717, 1.165) is 23.6 Å². The maximum absolute atomic E-state index is 12.9. The molecule has 3 rings (SSSR count). The van der Waals surface area contributed by atoms with Gasteiger partial charge >= 0.3 is 12.3 Å². The molecule has 0 spiro atoms. The predicted octanol–water partition coefficient (Wildman–Crippen LogP) is 4.10. The molecule has 1 aromatic carbocycles. The Balaban J connectivity index is 1.79. The SMILES string of the molecule is O=C(O)NCC(=O)Nc1nc(-c2cccc(-c3ccnc(C(F)(F)F)c3)c2)cs1. The van der Waals surface area contributed by atoms with Gasteiger partial charge in [0, 0.05) is 17.1 Å². The van der Waals surface area contributed by atoms with E-state index >= 15 is 0 Å². The van der Waals surface area contributed by atoms with Gasteiger partial charge < -0.3 is 15.7 Å². The van der Waals surface area contributed by atoms with E-state index in [4.69, 9.17) is 5.11 Å². The smallest absolute Gasteiger partial charge is 0.433 e. The highest BCUT2D eigenvalue weighted by Crippen LogP contribution is 2.32. The summed E-state index contributed by atoms with van der Waals surface area (Å²) < 4.78 is 38.7. The van der Waals surface area contributed by atoms with Crippen molar-refractivity contribution in [1.29, 1.82) is 0 Å². The lowest BCUT2D eigenvalue weighted by atomic mass is 10.0. The average Bonchev–Trinajstić information content (AvgIpc) is 3.14. The first-order valence-corrected chi connectivity index (χ1v) is 8.96. The number of nitrogens with one attached hydrogen (secondary N) is 2. The minimum Gasteiger partial charge on any atom is -0.465 e. The predicted molar refractivity (Wildman–Crippen MR) is 100 cm³/mol. The van der Waals surface area contributed by atoms with Crippen molar-refractivity contribution >= 4 is 28.5 Å². The van der Waals surface area contributed by atoms with E-state index in [9.17, 15) is 22.8 Å². The van der Waals surface area contributed by atoms with Crippen LogP contribution in [0.15, 0.2) is 48.0 Å². The largest absolute Gasteiger partial charge is 0.465 e. The lowest BCUT2D eigenvalue weighted by Crippen LogP contribution is -2.31. The Morgan fingerprint density at radius 3 is 2.55 bits per heavy atom. The number of carbonyl (C=O) groups is 2. The van der Waals surface area contributed by atoms with Gasteiger partial charge in [-0.05, 0) is 29.3 Å². The van der Waals surface area contributed by atoms with Crippen molar-refractivity contribution in [2.24, 2.45) is 0 Å². The summed E-state index contributed by atoms with van der Waals surface area (Å²) in [5.41, 5.74) is 1.10. The monoisotopic (exact) mass is 422 g/mol. The van der Waals surface area contributed by atoms with Crippen LogP contribution in [0.4, 0.5) is 23.1 Å². The number of hydrogen-bond donors (Lipinski definition) is 3. The molecule has 0 saturated heterocycles. The number of rotatable bonds is 5. The zero-order chi connectivity index (χ0) is 21.0. The minimum absolute atomic E-state index is 0.269. The Labute approximate surface area is 166 Å². The van der Waals surface area contributed by atoms with Crippen LogP contribution in [0.3, 0.4) is 0 Å². The number of nitrogens with zero attached hydrogens (tertiary/aromatic N) is 2. The van der Waals surface area contributed by atoms with Crippen LogP contribution in [0.2, 0.25) is 0 Å². The molecule has 0 unspecified atom stereocenters. The summed E-state index contributed by atoms with van der Waals surface area (Å²) in [5.74, 6) is -0.571. The van der Waals surface area contributed by atoms with Crippen LogP contribution in [0, 0.1) is 0 Å². The molecule has 0 fully saturated rings. The summed E-state index contributed by atoms with van der Waals surface area (Å²) in [7, 11) is 0. The first kappa shape index (κ1) is 20.3. The van der Waals surface area contributed by atoms with Crippen molar-refractivity contribution in [2.45, 2.75) is 6.18 Å². The molecule has 150 valence electrons. The van der Waals surface area contributed by atoms with Crippen molar-refractivity contribution in [1.82, 2.24) is 15.3 Å². The number of thiazole rings is 1. The number of amides is 2. The van der Waals surface area contributed by atoms with E-state index in [1.165, 1.54) is 6.07 Å². The average molecular weight is 422 g/mol. The normalized spacial score (nSPS) is 11.1. The topological polar surface area (TPSA) is 104 Å². The molecule has 0 atom stereocenters. The zero-order valence-corrected chi connectivity index (χ0v) is 15.3. The van der Waals surface area contributed by atoms with Gasteiger partial charge in [-0.25, -0.2) is 9.78 Å². The molecule has 7 nitrogen and oxygen atoms in total. The Bertz CT molecular complexity index is 1050. The third-order valence-electron chi connectivity index (χ3n) is 3.69. The van der Waals surface area contributed by atoms with Crippen molar-refractivity contribution in [3.8, 4) is 22.4 Å². The fourth-order valence-electron chi connectivity index (χ4n) is 2.41. The molecular formula is C18H13F3N4O3S. The van der Waals surface area contributed by atoms with Gasteiger partial charge in [0.2, 0.25) is 5.91 Å². The van der Waals surface area contributed by atoms with Crippen molar-refractivity contribution < 1.29 is 27.9 Å². The van der Waals surface area contributed by atoms with Crippen LogP contribution in [-0.2, 0) is 11.0 Å². The van der Waals surface area contributed by atoms with Crippen LogP contribution in [-0.4, -0.2) is 33.6 Å². The first-order chi connectivity index (χ1) is 13.7. The quantitative estimate of drug-likeness (QED) is 0.574. The molecule has 2 amide bonds. The van der Waals surface area contributed by atoms with Crippen molar-refractivity contribution in [3.63, 3.8) is 0 Å².